The van der Waals surface area contributed by atoms with Crippen LogP contribution in [0.25, 0.3) is 10.8 Å². The van der Waals surface area contributed by atoms with Gasteiger partial charge in [0.15, 0.2) is 0 Å². The molecule has 0 atom stereocenters. The van der Waals surface area contributed by atoms with E-state index < -0.39 is 17.8 Å². The standard InChI is InChI=1S/C21H22O4/c1-12(22)19(13(2)23)21(20(14(3)24)15(4)25)18-10-9-16-7-5-6-8-17(16)11-18/h5-11,19-21H,1-4H3. The molecule has 0 aromatic heterocycles. The van der Waals surface area contributed by atoms with Gasteiger partial charge in [-0.2, -0.15) is 0 Å². The van der Waals surface area contributed by atoms with E-state index in [1.54, 1.807) is 6.07 Å². The number of ketones is 4. The topological polar surface area (TPSA) is 68.3 Å². The number of hydrogen-bond acceptors (Lipinski definition) is 4. The number of Topliss-reactive ketones (excluding diaryl/α,β-unsaturated/α-hetero) is 4. The van der Waals surface area contributed by atoms with Crippen molar-refractivity contribution in [2.75, 3.05) is 0 Å². The maximum atomic E-state index is 12.2. The molecule has 0 aliphatic carbocycles. The normalized spacial score (nSPS) is 11.3. The van der Waals surface area contributed by atoms with Crippen molar-refractivity contribution >= 4 is 33.9 Å². The van der Waals surface area contributed by atoms with Crippen LogP contribution < -0.4 is 0 Å². The van der Waals surface area contributed by atoms with Crippen LogP contribution in [0.1, 0.15) is 39.2 Å². The lowest BCUT2D eigenvalue weighted by molar-refractivity contribution is -0.135. The Kier molecular flexibility index (Phi) is 5.62. The van der Waals surface area contributed by atoms with Gasteiger partial charge in [-0.3, -0.25) is 19.2 Å². The summed E-state index contributed by atoms with van der Waals surface area (Å²) in [6.07, 6.45) is 0. The Bertz CT molecular complexity index is 790. The van der Waals surface area contributed by atoms with Crippen molar-refractivity contribution < 1.29 is 19.2 Å². The molecular weight excluding hydrogens is 316 g/mol. The van der Waals surface area contributed by atoms with Gasteiger partial charge in [0.25, 0.3) is 0 Å². The fourth-order valence-corrected chi connectivity index (χ4v) is 3.58. The molecule has 130 valence electrons. The van der Waals surface area contributed by atoms with E-state index in [1.165, 1.54) is 27.7 Å². The fourth-order valence-electron chi connectivity index (χ4n) is 3.58. The van der Waals surface area contributed by atoms with Crippen LogP contribution in [0.4, 0.5) is 0 Å². The summed E-state index contributed by atoms with van der Waals surface area (Å²) in [6.45, 7) is 5.32. The lowest BCUT2D eigenvalue weighted by Crippen LogP contribution is -2.37. The molecule has 0 saturated carbocycles. The van der Waals surface area contributed by atoms with Gasteiger partial charge in [0.05, 0.1) is 11.8 Å². The van der Waals surface area contributed by atoms with Crippen LogP contribution in [-0.2, 0) is 19.2 Å². The summed E-state index contributed by atoms with van der Waals surface area (Å²) in [5.41, 5.74) is 0.657. The van der Waals surface area contributed by atoms with Crippen molar-refractivity contribution in [1.29, 1.82) is 0 Å². The van der Waals surface area contributed by atoms with Gasteiger partial charge in [0.2, 0.25) is 0 Å². The number of carbonyl (C=O) groups excluding carboxylic acids is 4. The Morgan fingerprint density at radius 1 is 0.640 bits per heavy atom. The van der Waals surface area contributed by atoms with Crippen LogP contribution in [0.5, 0.6) is 0 Å². The highest BCUT2D eigenvalue weighted by Gasteiger charge is 2.41. The first-order valence-corrected chi connectivity index (χ1v) is 8.24. The summed E-state index contributed by atoms with van der Waals surface area (Å²) in [6, 6.07) is 13.2. The van der Waals surface area contributed by atoms with Gasteiger partial charge in [-0.25, -0.2) is 0 Å². The molecule has 0 heterocycles. The SMILES string of the molecule is CC(=O)C(C(C)=O)C(c1ccc2ccccc2c1)C(C(C)=O)C(C)=O. The maximum Gasteiger partial charge on any atom is 0.140 e. The zero-order valence-corrected chi connectivity index (χ0v) is 14.9. The van der Waals surface area contributed by atoms with Gasteiger partial charge in [-0.05, 0) is 44.0 Å². The van der Waals surface area contributed by atoms with E-state index in [9.17, 15) is 19.2 Å². The molecule has 0 saturated heterocycles. The third-order valence-electron chi connectivity index (χ3n) is 4.63. The number of hydrogen-bond donors (Lipinski definition) is 0. The molecule has 0 aliphatic rings. The first-order chi connectivity index (χ1) is 11.7. The highest BCUT2D eigenvalue weighted by atomic mass is 16.2. The molecule has 25 heavy (non-hydrogen) atoms. The average molecular weight is 338 g/mol. The molecule has 0 N–H and O–H groups in total. The predicted molar refractivity (Wildman–Crippen MR) is 96.4 cm³/mol. The Hall–Kier alpha value is -2.62. The molecule has 2 aromatic rings. The Morgan fingerprint density at radius 3 is 1.52 bits per heavy atom. The van der Waals surface area contributed by atoms with E-state index in [1.807, 2.05) is 36.4 Å². The van der Waals surface area contributed by atoms with Crippen LogP contribution in [0.2, 0.25) is 0 Å². The minimum Gasteiger partial charge on any atom is -0.299 e. The van der Waals surface area contributed by atoms with E-state index in [2.05, 4.69) is 0 Å². The summed E-state index contributed by atoms with van der Waals surface area (Å²) in [7, 11) is 0. The van der Waals surface area contributed by atoms with Crippen LogP contribution >= 0.6 is 0 Å². The second kappa shape index (κ2) is 7.51. The zero-order chi connectivity index (χ0) is 18.7. The molecule has 0 aliphatic heterocycles. The molecular formula is C21H22O4. The minimum atomic E-state index is -1.01. The summed E-state index contributed by atoms with van der Waals surface area (Å²) in [4.78, 5) is 48.7. The Labute approximate surface area is 147 Å². The predicted octanol–water partition coefficient (Wildman–Crippen LogP) is 3.51. The van der Waals surface area contributed by atoms with Crippen molar-refractivity contribution in [3.8, 4) is 0 Å². The number of benzene rings is 2. The summed E-state index contributed by atoms with van der Waals surface area (Å²) in [5, 5.41) is 1.94. The summed E-state index contributed by atoms with van der Waals surface area (Å²) >= 11 is 0. The molecule has 2 rings (SSSR count). The van der Waals surface area contributed by atoms with Gasteiger partial charge >= 0.3 is 0 Å². The van der Waals surface area contributed by atoms with Crippen molar-refractivity contribution in [3.05, 3.63) is 48.0 Å². The van der Waals surface area contributed by atoms with Gasteiger partial charge < -0.3 is 0 Å². The van der Waals surface area contributed by atoms with Crippen LogP contribution in [-0.4, -0.2) is 23.1 Å². The number of rotatable bonds is 7. The average Bonchev–Trinajstić information content (AvgIpc) is 2.52. The molecule has 0 radical (unpaired) electrons. The molecule has 0 spiro atoms. The molecule has 0 fully saturated rings. The highest BCUT2D eigenvalue weighted by molar-refractivity contribution is 6.06. The lowest BCUT2D eigenvalue weighted by atomic mass is 9.70. The van der Waals surface area contributed by atoms with Gasteiger partial charge in [0, 0.05) is 5.92 Å². The van der Waals surface area contributed by atoms with Gasteiger partial charge in [0.1, 0.15) is 23.1 Å². The quantitative estimate of drug-likeness (QED) is 0.725. The molecule has 2 aromatic carbocycles. The smallest absolute Gasteiger partial charge is 0.140 e. The molecule has 0 unspecified atom stereocenters. The molecule has 4 nitrogen and oxygen atoms in total. The largest absolute Gasteiger partial charge is 0.299 e. The first kappa shape index (κ1) is 18.7. The van der Waals surface area contributed by atoms with Crippen molar-refractivity contribution in [2.45, 2.75) is 33.6 Å². The van der Waals surface area contributed by atoms with E-state index in [-0.39, 0.29) is 23.1 Å². The van der Waals surface area contributed by atoms with Crippen molar-refractivity contribution in [2.24, 2.45) is 11.8 Å². The van der Waals surface area contributed by atoms with Gasteiger partial charge in [-0.15, -0.1) is 0 Å². The van der Waals surface area contributed by atoms with Crippen LogP contribution in [0.15, 0.2) is 42.5 Å². The van der Waals surface area contributed by atoms with E-state index >= 15 is 0 Å². The molecule has 0 amide bonds. The van der Waals surface area contributed by atoms with E-state index in [4.69, 9.17) is 0 Å². The van der Waals surface area contributed by atoms with Crippen molar-refractivity contribution in [1.82, 2.24) is 0 Å². The minimum absolute atomic E-state index is 0.335. The van der Waals surface area contributed by atoms with E-state index in [0.717, 1.165) is 10.8 Å². The second-order valence-electron chi connectivity index (χ2n) is 6.53. The Morgan fingerprint density at radius 2 is 1.08 bits per heavy atom. The van der Waals surface area contributed by atoms with E-state index in [0.29, 0.717) is 5.56 Å². The van der Waals surface area contributed by atoms with Crippen molar-refractivity contribution in [3.63, 3.8) is 0 Å². The molecule has 4 heteroatoms. The summed E-state index contributed by atoms with van der Waals surface area (Å²) < 4.78 is 0. The summed E-state index contributed by atoms with van der Waals surface area (Å²) in [5.74, 6) is -4.15. The Balaban J connectivity index is 2.71. The monoisotopic (exact) mass is 338 g/mol. The van der Waals surface area contributed by atoms with Crippen LogP contribution in [0, 0.1) is 11.8 Å². The fraction of sp³-hybridized carbons (Fsp3) is 0.333. The zero-order valence-electron chi connectivity index (χ0n) is 14.9. The first-order valence-electron chi connectivity index (χ1n) is 8.24. The third-order valence-corrected chi connectivity index (χ3v) is 4.63. The number of carbonyl (C=O) groups is 4. The number of fused-ring (bicyclic) bond motifs is 1. The van der Waals surface area contributed by atoms with Crippen LogP contribution in [0.3, 0.4) is 0 Å². The van der Waals surface area contributed by atoms with Gasteiger partial charge in [-0.1, -0.05) is 42.5 Å². The third kappa shape index (κ3) is 3.90. The molecule has 0 bridgehead atoms. The highest BCUT2D eigenvalue weighted by Crippen LogP contribution is 2.36. The second-order valence-corrected chi connectivity index (χ2v) is 6.53. The maximum absolute atomic E-state index is 12.2. The lowest BCUT2D eigenvalue weighted by Gasteiger charge is -2.29.